The zero-order chi connectivity index (χ0) is 12.1. The van der Waals surface area contributed by atoms with E-state index in [0.29, 0.717) is 0 Å². The van der Waals surface area contributed by atoms with Crippen molar-refractivity contribution in [2.45, 2.75) is 0 Å². The Morgan fingerprint density at radius 1 is 1.56 bits per heavy atom. The maximum atomic E-state index is 11.5. The molecule has 0 amide bonds. The predicted octanol–water partition coefficient (Wildman–Crippen LogP) is 0.101. The number of hydrazone groups is 1. The van der Waals surface area contributed by atoms with Crippen LogP contribution in [0.3, 0.4) is 0 Å². The maximum Gasteiger partial charge on any atom is 2.00 e. The SMILES string of the molecule is NC([S-])=NNC=C1C=CC=C(C(=O)O)C1=O.[Cu+2].[NH2-]. The Morgan fingerprint density at radius 2 is 2.17 bits per heavy atom. The van der Waals surface area contributed by atoms with E-state index in [1.165, 1.54) is 24.4 Å². The Bertz CT molecular complexity index is 453. The summed E-state index contributed by atoms with van der Waals surface area (Å²) in [6.45, 7) is 0. The first-order valence-corrected chi connectivity index (χ1v) is 4.55. The molecule has 0 fully saturated rings. The number of ketones is 1. The van der Waals surface area contributed by atoms with Crippen LogP contribution in [0, 0.1) is 0 Å². The molecule has 0 unspecified atom stereocenters. The number of hydrogen-bond acceptors (Lipinski definition) is 5. The second-order valence-electron chi connectivity index (χ2n) is 2.75. The van der Waals surface area contributed by atoms with Crippen LogP contribution in [-0.4, -0.2) is 22.0 Å². The fraction of sp³-hybridized carbons (Fsp3) is 0. The Hall–Kier alpha value is -1.67. The molecule has 1 radical (unpaired) electrons. The van der Waals surface area contributed by atoms with Crippen molar-refractivity contribution in [3.63, 3.8) is 0 Å². The summed E-state index contributed by atoms with van der Waals surface area (Å²) in [5.74, 6) is -1.87. The number of carboxylic acid groups (broad SMARTS) is 1. The molecular formula is C9H10CuN4O3S. The molecule has 1 rings (SSSR count). The summed E-state index contributed by atoms with van der Waals surface area (Å²) in [5.41, 5.74) is 7.30. The largest absolute Gasteiger partial charge is 2.00 e. The number of carbonyl (C=O) groups is 2. The molecule has 9 heteroatoms. The second kappa shape index (κ2) is 8.42. The molecule has 0 aromatic heterocycles. The molecule has 6 N–H and O–H groups in total. The molecule has 0 heterocycles. The minimum Gasteiger partial charge on any atom is -0.741 e. The molecule has 0 atom stereocenters. The van der Waals surface area contributed by atoms with Gasteiger partial charge < -0.3 is 29.6 Å². The monoisotopic (exact) mass is 317 g/mol. The molecule has 0 aromatic rings. The Labute approximate surface area is 119 Å². The van der Waals surface area contributed by atoms with Gasteiger partial charge in [-0.1, -0.05) is 6.08 Å². The summed E-state index contributed by atoms with van der Waals surface area (Å²) in [6, 6.07) is 0. The van der Waals surface area contributed by atoms with Gasteiger partial charge in [-0.3, -0.25) is 10.2 Å². The average Bonchev–Trinajstić information content (AvgIpc) is 2.19. The number of Topliss-reactive ketones (excluding diaryl/α,β-unsaturated/α-hetero) is 1. The summed E-state index contributed by atoms with van der Waals surface area (Å²) in [4.78, 5) is 22.2. The quantitative estimate of drug-likeness (QED) is 0.128. The van der Waals surface area contributed by atoms with Crippen molar-refractivity contribution in [3.8, 4) is 0 Å². The van der Waals surface area contributed by atoms with Crippen LogP contribution >= 0.6 is 0 Å². The first-order valence-electron chi connectivity index (χ1n) is 4.14. The smallest absolute Gasteiger partial charge is 0.741 e. The predicted molar refractivity (Wildman–Crippen MR) is 65.4 cm³/mol. The maximum absolute atomic E-state index is 11.5. The van der Waals surface area contributed by atoms with Crippen molar-refractivity contribution in [2.24, 2.45) is 10.8 Å². The van der Waals surface area contributed by atoms with Gasteiger partial charge in [0.15, 0.2) is 0 Å². The minimum absolute atomic E-state index is 0. The van der Waals surface area contributed by atoms with Gasteiger partial charge in [0.2, 0.25) is 5.78 Å². The van der Waals surface area contributed by atoms with Crippen LogP contribution in [0.25, 0.3) is 6.15 Å². The number of allylic oxidation sites excluding steroid dienone is 4. The molecule has 0 spiro atoms. The number of aliphatic carboxylic acids is 1. The molecular weight excluding hydrogens is 308 g/mol. The zero-order valence-electron chi connectivity index (χ0n) is 8.88. The fourth-order valence-electron chi connectivity index (χ4n) is 1.00. The molecule has 7 nitrogen and oxygen atoms in total. The molecule has 1 aliphatic carbocycles. The Balaban J connectivity index is 0. The number of nitrogens with two attached hydrogens (primary N) is 2. The number of rotatable bonds is 3. The number of hydrogen-bond donors (Lipinski definition) is 3. The summed E-state index contributed by atoms with van der Waals surface area (Å²) in [7, 11) is 0. The van der Waals surface area contributed by atoms with Crippen molar-refractivity contribution in [1.29, 1.82) is 0 Å². The van der Waals surface area contributed by atoms with Crippen molar-refractivity contribution >= 4 is 29.5 Å². The second-order valence-corrected chi connectivity index (χ2v) is 3.17. The molecule has 0 saturated carbocycles. The topological polar surface area (TPSA) is 138 Å². The van der Waals surface area contributed by atoms with Crippen LogP contribution in [0.5, 0.6) is 0 Å². The van der Waals surface area contributed by atoms with Crippen LogP contribution in [0.2, 0.25) is 0 Å². The third-order valence-electron chi connectivity index (χ3n) is 1.67. The summed E-state index contributed by atoms with van der Waals surface area (Å²) in [5, 5.41) is 12.0. The third kappa shape index (κ3) is 5.11. The summed E-state index contributed by atoms with van der Waals surface area (Å²) < 4.78 is 0. The summed E-state index contributed by atoms with van der Waals surface area (Å²) in [6.07, 6.45) is 5.37. The van der Waals surface area contributed by atoms with E-state index in [1.807, 2.05) is 0 Å². The van der Waals surface area contributed by atoms with Crippen molar-refractivity contribution in [2.75, 3.05) is 0 Å². The zero-order valence-corrected chi connectivity index (χ0v) is 10.6. The minimum atomic E-state index is -1.27. The van der Waals surface area contributed by atoms with Crippen LogP contribution in [-0.2, 0) is 39.3 Å². The van der Waals surface area contributed by atoms with Gasteiger partial charge in [-0.25, -0.2) is 4.79 Å². The van der Waals surface area contributed by atoms with E-state index in [0.717, 1.165) is 0 Å². The van der Waals surface area contributed by atoms with Gasteiger partial charge in [0.1, 0.15) is 5.57 Å². The first-order chi connectivity index (χ1) is 7.52. The van der Waals surface area contributed by atoms with E-state index in [-0.39, 0.29) is 39.5 Å². The Morgan fingerprint density at radius 3 is 2.67 bits per heavy atom. The van der Waals surface area contributed by atoms with Gasteiger partial charge in [-0.2, -0.15) is 5.10 Å². The standard InChI is InChI=1S/C9H9N3O3S.Cu.H2N/c10-9(16)12-11-4-5-2-1-3-6(7(5)13)8(14)15;;/h1-4,11H,(H,14,15)(H3,10,12,16);;1H2/q;+2;-1/p-1. The average molecular weight is 318 g/mol. The van der Waals surface area contributed by atoms with Gasteiger partial charge in [-0.05, 0) is 17.3 Å². The van der Waals surface area contributed by atoms with Crippen molar-refractivity contribution < 1.29 is 31.8 Å². The van der Waals surface area contributed by atoms with Gasteiger partial charge in [0, 0.05) is 11.8 Å². The van der Waals surface area contributed by atoms with Crippen molar-refractivity contribution in [1.82, 2.24) is 5.43 Å². The number of carboxylic acids is 1. The number of nitrogens with zero attached hydrogens (tertiary/aromatic N) is 1. The van der Waals surface area contributed by atoms with E-state index >= 15 is 0 Å². The molecule has 0 bridgehead atoms. The molecule has 0 saturated heterocycles. The summed E-state index contributed by atoms with van der Waals surface area (Å²) >= 11 is 4.47. The van der Waals surface area contributed by atoms with Crippen LogP contribution in [0.4, 0.5) is 0 Å². The van der Waals surface area contributed by atoms with E-state index < -0.39 is 11.8 Å². The number of carbonyl (C=O) groups excluding carboxylic acids is 1. The normalized spacial score (nSPS) is 16.4. The van der Waals surface area contributed by atoms with Crippen molar-refractivity contribution in [3.05, 3.63) is 41.7 Å². The van der Waals surface area contributed by atoms with Gasteiger partial charge in [0.05, 0.1) is 0 Å². The first kappa shape index (κ1) is 18.7. The van der Waals surface area contributed by atoms with Crippen LogP contribution in [0.1, 0.15) is 0 Å². The van der Waals surface area contributed by atoms with Crippen LogP contribution in [0.15, 0.2) is 40.7 Å². The van der Waals surface area contributed by atoms with Gasteiger partial charge in [0.25, 0.3) is 0 Å². The number of nitrogens with one attached hydrogen (secondary N) is 1. The molecule has 0 aliphatic heterocycles. The van der Waals surface area contributed by atoms with Gasteiger partial charge in [-0.15, -0.1) is 0 Å². The van der Waals surface area contributed by atoms with E-state index in [9.17, 15) is 9.59 Å². The van der Waals surface area contributed by atoms with E-state index in [4.69, 9.17) is 10.8 Å². The molecule has 1 aliphatic rings. The molecule has 101 valence electrons. The van der Waals surface area contributed by atoms with E-state index in [1.54, 1.807) is 0 Å². The molecule has 18 heavy (non-hydrogen) atoms. The van der Waals surface area contributed by atoms with Gasteiger partial charge >= 0.3 is 23.0 Å². The van der Waals surface area contributed by atoms with Crippen LogP contribution < -0.4 is 11.2 Å². The number of amidine groups is 1. The fourth-order valence-corrected chi connectivity index (χ4v) is 1.06. The Kier molecular flexibility index (Phi) is 8.75. The third-order valence-corrected chi connectivity index (χ3v) is 1.76. The van der Waals surface area contributed by atoms with E-state index in [2.05, 4.69) is 23.2 Å². The molecule has 0 aromatic carbocycles.